The third-order valence-corrected chi connectivity index (χ3v) is 5.88. The summed E-state index contributed by atoms with van der Waals surface area (Å²) in [4.78, 5) is 14.1. The van der Waals surface area contributed by atoms with Crippen LogP contribution in [0.3, 0.4) is 0 Å². The van der Waals surface area contributed by atoms with E-state index >= 15 is 0 Å². The number of hydrogen-bond acceptors (Lipinski definition) is 2. The van der Waals surface area contributed by atoms with Crippen LogP contribution < -0.4 is 10.2 Å². The van der Waals surface area contributed by atoms with E-state index in [2.05, 4.69) is 40.7 Å². The van der Waals surface area contributed by atoms with Crippen molar-refractivity contribution in [2.75, 3.05) is 18.4 Å². The van der Waals surface area contributed by atoms with Gasteiger partial charge in [-0.25, -0.2) is 0 Å². The number of quaternary nitrogens is 1. The number of nitrogens with one attached hydrogen (secondary N) is 2. The van der Waals surface area contributed by atoms with Crippen LogP contribution in [0.5, 0.6) is 0 Å². The molecule has 140 valence electrons. The summed E-state index contributed by atoms with van der Waals surface area (Å²) in [5, 5.41) is 7.48. The average molecular weight is 356 g/mol. The van der Waals surface area contributed by atoms with E-state index in [0.717, 1.165) is 42.5 Å². The second-order valence-electron chi connectivity index (χ2n) is 7.67. The Morgan fingerprint density at radius 2 is 1.92 bits per heavy atom. The molecule has 1 fully saturated rings. The zero-order chi connectivity index (χ0) is 18.7. The van der Waals surface area contributed by atoms with Crippen molar-refractivity contribution in [1.82, 2.24) is 9.78 Å². The molecule has 26 heavy (non-hydrogen) atoms. The Balaban J connectivity index is 1.53. The minimum atomic E-state index is -0.0355. The molecule has 1 saturated heterocycles. The first kappa shape index (κ1) is 18.6. The summed E-state index contributed by atoms with van der Waals surface area (Å²) in [6.07, 6.45) is 3.53. The molecule has 0 saturated carbocycles. The van der Waals surface area contributed by atoms with Crippen LogP contribution in [0.1, 0.15) is 36.7 Å². The Kier molecular flexibility index (Phi) is 5.77. The van der Waals surface area contributed by atoms with E-state index in [1.165, 1.54) is 23.3 Å². The smallest absolute Gasteiger partial charge is 0.282 e. The van der Waals surface area contributed by atoms with E-state index in [4.69, 9.17) is 0 Å². The van der Waals surface area contributed by atoms with Crippen LogP contribution in [0.15, 0.2) is 30.3 Å². The molecule has 0 aliphatic carbocycles. The second-order valence-corrected chi connectivity index (χ2v) is 7.67. The van der Waals surface area contributed by atoms with Gasteiger partial charge in [0.1, 0.15) is 0 Å². The van der Waals surface area contributed by atoms with E-state index in [9.17, 15) is 4.79 Å². The molecule has 0 spiro atoms. The van der Waals surface area contributed by atoms with Crippen molar-refractivity contribution in [2.45, 2.75) is 46.1 Å². The Hall–Kier alpha value is -2.14. The minimum Gasteiger partial charge on any atom is -0.325 e. The number of amides is 1. The van der Waals surface area contributed by atoms with Gasteiger partial charge in [0.25, 0.3) is 5.91 Å². The normalized spacial score (nSPS) is 21.4. The molecule has 5 nitrogen and oxygen atoms in total. The minimum absolute atomic E-state index is 0.0355. The molecule has 3 rings (SSSR count). The predicted molar refractivity (Wildman–Crippen MR) is 104 cm³/mol. The lowest BCUT2D eigenvalue weighted by Crippen LogP contribution is -3.17. The fourth-order valence-electron chi connectivity index (χ4n) is 4.00. The highest BCUT2D eigenvalue weighted by Gasteiger charge is 2.30. The number of benzene rings is 1. The topological polar surface area (TPSA) is 51.4 Å². The molecule has 1 amide bonds. The van der Waals surface area contributed by atoms with Crippen molar-refractivity contribution in [3.05, 3.63) is 47.3 Å². The summed E-state index contributed by atoms with van der Waals surface area (Å²) in [6, 6.07) is 10.7. The molecule has 1 aliphatic heterocycles. The molecule has 2 heterocycles. The number of hydrogen-bond donors (Lipinski definition) is 2. The SMILES string of the molecule is Cc1nn(C)c(C)c1NC(=O)[C@@H](C)[NH+]1CCC(Cc2ccccc2)CC1. The van der Waals surface area contributed by atoms with Crippen molar-refractivity contribution in [1.29, 1.82) is 0 Å². The Morgan fingerprint density at radius 3 is 2.50 bits per heavy atom. The Bertz CT molecular complexity index is 745. The quantitative estimate of drug-likeness (QED) is 0.861. The molecule has 1 aromatic carbocycles. The number of anilines is 1. The zero-order valence-corrected chi connectivity index (χ0v) is 16.4. The molecular formula is C21H31N4O+. The predicted octanol–water partition coefficient (Wildman–Crippen LogP) is 1.90. The molecule has 1 aromatic heterocycles. The number of carbonyl (C=O) groups is 1. The zero-order valence-electron chi connectivity index (χ0n) is 16.4. The Labute approximate surface area is 156 Å². The number of carbonyl (C=O) groups excluding carboxylic acids is 1. The van der Waals surface area contributed by atoms with Crippen molar-refractivity contribution in [3.63, 3.8) is 0 Å². The van der Waals surface area contributed by atoms with Crippen molar-refractivity contribution < 1.29 is 9.69 Å². The standard InChI is InChI=1S/C21H30N4O/c1-15-20(16(2)24(4)23-15)22-21(26)17(3)25-12-10-19(11-13-25)14-18-8-6-5-7-9-18/h5-9,17,19H,10-14H2,1-4H3,(H,22,26)/p+1/t17-/m1/s1. The number of likely N-dealkylation sites (tertiary alicyclic amines) is 1. The van der Waals surface area contributed by atoms with Gasteiger partial charge < -0.3 is 10.2 Å². The van der Waals surface area contributed by atoms with Crippen molar-refractivity contribution in [2.24, 2.45) is 13.0 Å². The van der Waals surface area contributed by atoms with Crippen LogP contribution >= 0.6 is 0 Å². The van der Waals surface area contributed by atoms with Crippen molar-refractivity contribution >= 4 is 11.6 Å². The summed E-state index contributed by atoms with van der Waals surface area (Å²) in [5.41, 5.74) is 4.17. The first-order chi connectivity index (χ1) is 12.5. The first-order valence-corrected chi connectivity index (χ1v) is 9.65. The van der Waals surface area contributed by atoms with Gasteiger partial charge >= 0.3 is 0 Å². The fraction of sp³-hybridized carbons (Fsp3) is 0.524. The van der Waals surface area contributed by atoms with Crippen LogP contribution in [0.4, 0.5) is 5.69 Å². The molecule has 0 radical (unpaired) electrons. The highest BCUT2D eigenvalue weighted by atomic mass is 16.2. The first-order valence-electron chi connectivity index (χ1n) is 9.65. The van der Waals surface area contributed by atoms with Gasteiger partial charge in [-0.05, 0) is 51.5 Å². The maximum Gasteiger partial charge on any atom is 0.282 e. The largest absolute Gasteiger partial charge is 0.325 e. The van der Waals surface area contributed by atoms with Gasteiger partial charge in [-0.3, -0.25) is 9.48 Å². The lowest BCUT2D eigenvalue weighted by molar-refractivity contribution is -0.919. The molecule has 2 N–H and O–H groups in total. The van der Waals surface area contributed by atoms with Gasteiger partial charge in [-0.1, -0.05) is 30.3 Å². The summed E-state index contributed by atoms with van der Waals surface area (Å²) in [5.74, 6) is 0.833. The fourth-order valence-corrected chi connectivity index (χ4v) is 4.00. The molecule has 2 aromatic rings. The van der Waals surface area contributed by atoms with Crippen LogP contribution in [-0.2, 0) is 18.3 Å². The van der Waals surface area contributed by atoms with Gasteiger partial charge in [0.05, 0.1) is 30.2 Å². The van der Waals surface area contributed by atoms with Crippen LogP contribution in [0.2, 0.25) is 0 Å². The maximum atomic E-state index is 12.7. The molecule has 0 unspecified atom stereocenters. The molecular weight excluding hydrogens is 324 g/mol. The lowest BCUT2D eigenvalue weighted by Gasteiger charge is -2.32. The van der Waals surface area contributed by atoms with Crippen molar-refractivity contribution in [3.8, 4) is 0 Å². The van der Waals surface area contributed by atoms with E-state index in [1.807, 2.05) is 32.5 Å². The second kappa shape index (κ2) is 8.04. The van der Waals surface area contributed by atoms with Crippen LogP contribution in [-0.4, -0.2) is 34.8 Å². The molecule has 1 aliphatic rings. The number of piperidine rings is 1. The highest BCUT2D eigenvalue weighted by molar-refractivity contribution is 5.94. The summed E-state index contributed by atoms with van der Waals surface area (Å²) >= 11 is 0. The maximum absolute atomic E-state index is 12.7. The molecule has 1 atom stereocenters. The number of aromatic nitrogens is 2. The van der Waals surface area contributed by atoms with Gasteiger partial charge in [-0.15, -0.1) is 0 Å². The van der Waals surface area contributed by atoms with Gasteiger partial charge in [0, 0.05) is 7.05 Å². The van der Waals surface area contributed by atoms with Gasteiger partial charge in [0.2, 0.25) is 0 Å². The average Bonchev–Trinajstić information content (AvgIpc) is 2.88. The summed E-state index contributed by atoms with van der Waals surface area (Å²) in [7, 11) is 1.91. The number of aryl methyl sites for hydroxylation is 2. The third kappa shape index (κ3) is 4.15. The van der Waals surface area contributed by atoms with E-state index in [-0.39, 0.29) is 11.9 Å². The monoisotopic (exact) mass is 355 g/mol. The number of rotatable bonds is 5. The van der Waals surface area contributed by atoms with E-state index in [1.54, 1.807) is 0 Å². The van der Waals surface area contributed by atoms with Gasteiger partial charge in [0.15, 0.2) is 6.04 Å². The third-order valence-electron chi connectivity index (χ3n) is 5.88. The molecule has 5 heteroatoms. The molecule has 0 bridgehead atoms. The summed E-state index contributed by atoms with van der Waals surface area (Å²) in [6.45, 7) is 8.11. The number of nitrogens with zero attached hydrogens (tertiary/aromatic N) is 2. The highest BCUT2D eigenvalue weighted by Crippen LogP contribution is 2.19. The Morgan fingerprint density at radius 1 is 1.27 bits per heavy atom. The van der Waals surface area contributed by atoms with Gasteiger partial charge in [-0.2, -0.15) is 5.10 Å². The lowest BCUT2D eigenvalue weighted by atomic mass is 9.89. The van der Waals surface area contributed by atoms with Crippen LogP contribution in [0.25, 0.3) is 0 Å². The van der Waals surface area contributed by atoms with E-state index in [0.29, 0.717) is 0 Å². The van der Waals surface area contributed by atoms with Crippen LogP contribution in [0, 0.1) is 19.8 Å². The van der Waals surface area contributed by atoms with E-state index < -0.39 is 0 Å². The summed E-state index contributed by atoms with van der Waals surface area (Å²) < 4.78 is 1.82.